The number of nitrogens with one attached hydrogen (secondary N) is 6. The normalized spacial score (nSPS) is 20.7. The second kappa shape index (κ2) is 26.7. The van der Waals surface area contributed by atoms with E-state index >= 15 is 24.0 Å². The van der Waals surface area contributed by atoms with Crippen LogP contribution in [0.4, 0.5) is 0 Å². The highest BCUT2D eigenvalue weighted by molar-refractivity contribution is 9.09. The molecule has 29 heteroatoms. The van der Waals surface area contributed by atoms with Crippen LogP contribution in [0.25, 0.3) is 11.1 Å². The molecule has 0 saturated heterocycles. The Labute approximate surface area is 560 Å². The van der Waals surface area contributed by atoms with Gasteiger partial charge in [-0.1, -0.05) is 81.6 Å². The summed E-state index contributed by atoms with van der Waals surface area (Å²) >= 11 is 17.4. The molecule has 8 aromatic carbocycles. The maximum atomic E-state index is 16.1. The molecule has 17 bridgehead atoms. The number of aromatic hydroxyl groups is 5. The van der Waals surface area contributed by atoms with Crippen molar-refractivity contribution in [3.63, 3.8) is 0 Å². The maximum absolute atomic E-state index is 16.1. The molecular weight excluding hydrogens is 1360 g/mol. The minimum Gasteiger partial charge on any atom is -0.508 e. The van der Waals surface area contributed by atoms with E-state index in [9.17, 15) is 45.0 Å². The summed E-state index contributed by atoms with van der Waals surface area (Å²) in [6.07, 6.45) is -2.50. The van der Waals surface area contributed by atoms with Gasteiger partial charge in [-0.3, -0.25) is 28.8 Å². The molecule has 0 unspecified atom stereocenters. The molecule has 96 heavy (non-hydrogen) atoms. The lowest BCUT2D eigenvalue weighted by Gasteiger charge is -2.31. The summed E-state index contributed by atoms with van der Waals surface area (Å²) in [6.45, 7) is -0.0866. The number of hydrogen-bond acceptors (Lipinski definition) is 20. The van der Waals surface area contributed by atoms with E-state index in [1.54, 1.807) is 6.07 Å². The molecule has 0 radical (unpaired) electrons. The first kappa shape index (κ1) is 65.0. The van der Waals surface area contributed by atoms with Crippen LogP contribution in [0.15, 0.2) is 146 Å². The number of alkyl halides is 1. The van der Waals surface area contributed by atoms with Gasteiger partial charge >= 0.3 is 11.9 Å². The predicted octanol–water partition coefficient (Wildman–Crippen LogP) is 7.35. The maximum Gasteiger partial charge on any atom is 0.345 e. The number of aliphatic hydroxyl groups is 1. The third-order valence-electron chi connectivity index (χ3n) is 15.9. The quantitative estimate of drug-likeness (QED) is 0.0455. The van der Waals surface area contributed by atoms with Crippen molar-refractivity contribution in [1.82, 2.24) is 31.9 Å². The Morgan fingerprint density at radius 2 is 1.15 bits per heavy atom. The molecule has 0 aromatic heterocycles. The summed E-state index contributed by atoms with van der Waals surface area (Å²) in [7, 11) is 0. The summed E-state index contributed by atoms with van der Waals surface area (Å²) in [4.78, 5) is 120. The molecule has 6 aliphatic heterocycles. The lowest BCUT2D eigenvalue weighted by Crippen LogP contribution is -2.55. The molecule has 26 nitrogen and oxygen atoms in total. The zero-order valence-corrected chi connectivity index (χ0v) is 52.4. The number of amides is 6. The third-order valence-corrected chi connectivity index (χ3v) is 16.9. The Morgan fingerprint density at radius 3 is 1.83 bits per heavy atom. The average molecular weight is 1410 g/mol. The third kappa shape index (κ3) is 13.2. The molecule has 0 spiro atoms. The summed E-state index contributed by atoms with van der Waals surface area (Å²) in [5, 5.41) is 84.7. The zero-order chi connectivity index (χ0) is 68.0. The first-order chi connectivity index (χ1) is 46.0. The minimum absolute atomic E-state index is 0.0622. The van der Waals surface area contributed by atoms with Crippen LogP contribution in [0.2, 0.25) is 10.0 Å². The van der Waals surface area contributed by atoms with E-state index in [4.69, 9.17) is 52.6 Å². The van der Waals surface area contributed by atoms with Crippen molar-refractivity contribution in [2.75, 3.05) is 11.9 Å². The van der Waals surface area contributed by atoms with E-state index in [1.807, 2.05) is 0 Å². The van der Waals surface area contributed by atoms with Crippen LogP contribution in [0.5, 0.6) is 69.0 Å². The molecule has 6 heterocycles. The number of phenols is 5. The molecule has 490 valence electrons. The highest BCUT2D eigenvalue weighted by atomic mass is 79.9. The summed E-state index contributed by atoms with van der Waals surface area (Å²) in [6, 6.07) is 16.1. The number of esters is 2. The lowest BCUT2D eigenvalue weighted by molar-refractivity contribution is -0.144. The van der Waals surface area contributed by atoms with Gasteiger partial charge in [-0.25, -0.2) is 9.59 Å². The van der Waals surface area contributed by atoms with Gasteiger partial charge < -0.3 is 92.0 Å². The van der Waals surface area contributed by atoms with E-state index in [-0.39, 0.29) is 102 Å². The Bertz CT molecular complexity index is 4560. The fraction of sp³-hybridized carbons (Fsp3) is 0.164. The van der Waals surface area contributed by atoms with Crippen molar-refractivity contribution >= 4 is 86.5 Å². The van der Waals surface area contributed by atoms with Gasteiger partial charge in [0.1, 0.15) is 82.6 Å². The van der Waals surface area contributed by atoms with Crippen LogP contribution in [0.3, 0.4) is 0 Å². The Hall–Kier alpha value is -11.1. The molecule has 0 aliphatic carbocycles. The van der Waals surface area contributed by atoms with Crippen molar-refractivity contribution < 1.29 is 92.7 Å². The van der Waals surface area contributed by atoms with E-state index in [0.717, 1.165) is 42.5 Å². The molecule has 8 aromatic rings. The number of rotatable bonds is 5. The Balaban J connectivity index is 1.08. The van der Waals surface area contributed by atoms with Crippen LogP contribution in [0.1, 0.15) is 85.6 Å². The molecule has 6 aliphatic rings. The zero-order valence-electron chi connectivity index (χ0n) is 49.3. The van der Waals surface area contributed by atoms with Gasteiger partial charge in [0.2, 0.25) is 41.2 Å². The molecule has 0 saturated carbocycles. The highest BCUT2D eigenvalue weighted by Crippen LogP contribution is 2.49. The molecular formula is C67H52BrCl2N7O19. The molecule has 8 atom stereocenters. The SMILES string of the molecule is N[C@@H]1C(=O)N[C@@H]2Cc3ccc(c(Cl)c3)Oc3cc4cc(c3OCCBr)Oc3ccc(cc3Cl)[C@@H](O)[C@@H]3NC(=O)[C@H](NC(=O)[C@@H]4NC(=O)[C@@H](NC2=O)c2cc(O)cc(c2)Oc2cc1ccc2O)c1ccc(O)c(c1)-c1c(O)cc(O)cc1[C@H](C(=O)OC(=O)c1ccccc1)NC3=O. The van der Waals surface area contributed by atoms with E-state index < -0.39 is 141 Å². The second-order valence-corrected chi connectivity index (χ2v) is 24.0. The molecule has 0 fully saturated rings. The average Bonchev–Trinajstić information content (AvgIpc) is 0.776. The topological polar surface area (TPSA) is 402 Å². The van der Waals surface area contributed by atoms with Gasteiger partial charge in [0, 0.05) is 40.6 Å². The van der Waals surface area contributed by atoms with E-state index in [2.05, 4.69) is 47.8 Å². The second-order valence-electron chi connectivity index (χ2n) is 22.4. The van der Waals surface area contributed by atoms with Gasteiger partial charge in [0.25, 0.3) is 0 Å². The van der Waals surface area contributed by atoms with Gasteiger partial charge in [-0.05, 0) is 124 Å². The van der Waals surface area contributed by atoms with Crippen LogP contribution in [-0.2, 0) is 44.7 Å². The Kier molecular flexibility index (Phi) is 18.1. The van der Waals surface area contributed by atoms with Gasteiger partial charge in [0.15, 0.2) is 29.0 Å². The van der Waals surface area contributed by atoms with E-state index in [0.29, 0.717) is 5.56 Å². The first-order valence-corrected chi connectivity index (χ1v) is 31.0. The number of carbonyl (C=O) groups excluding carboxylic acids is 8. The van der Waals surface area contributed by atoms with Crippen molar-refractivity contribution in [3.8, 4) is 80.1 Å². The van der Waals surface area contributed by atoms with Crippen molar-refractivity contribution in [1.29, 1.82) is 0 Å². The van der Waals surface area contributed by atoms with Crippen LogP contribution in [-0.4, -0.2) is 102 Å². The number of hydrogen-bond donors (Lipinski definition) is 13. The summed E-state index contributed by atoms with van der Waals surface area (Å²) < 4.78 is 30.7. The van der Waals surface area contributed by atoms with Crippen molar-refractivity contribution in [2.24, 2.45) is 5.73 Å². The molecule has 14 rings (SSSR count). The monoisotopic (exact) mass is 1410 g/mol. The van der Waals surface area contributed by atoms with Gasteiger partial charge in [-0.2, -0.15) is 0 Å². The molecule has 14 N–H and O–H groups in total. The number of fused-ring (bicyclic) bond motifs is 14. The fourth-order valence-corrected chi connectivity index (χ4v) is 11.9. The van der Waals surface area contributed by atoms with Gasteiger partial charge in [0.05, 0.1) is 22.2 Å². The minimum atomic E-state index is -2.25. The van der Waals surface area contributed by atoms with Crippen LogP contribution < -0.4 is 56.6 Å². The first-order valence-electron chi connectivity index (χ1n) is 29.1. The number of ether oxygens (including phenoxy) is 5. The van der Waals surface area contributed by atoms with Crippen LogP contribution in [0, 0.1) is 0 Å². The number of carbonyl (C=O) groups is 8. The van der Waals surface area contributed by atoms with Crippen molar-refractivity contribution in [3.05, 3.63) is 200 Å². The standard InChI is InChI=1S/C67H52BrCl2N7O19/c68-14-15-92-59-49-23-34-24-50(59)95-47-13-9-32(21-41(47)70)58(83)57-65(89)76-56(67(91)96-66(90)29-4-2-1-3-5-29)39-26-36(79)27-45(82)51(39)38-20-31(8-10-43(38)80)53(62(86)77-57)74-64(88)55(34)75-63(87)54-33-18-35(78)25-37(19-33)93-48-22-30(7-11-44(48)81)52(71)61(85)72-42(60(84)73-54)17-28-6-12-46(94-49)40(69)16-28/h1-13,16,18-27,42,52-58,78-83H,14-15,17,71H2,(H,72,85)(H,73,84)(H,74,88)(H,75,87)(H,76,89)(H,77,86)/t42-,52+,53-,54+,55-,56-,57+,58-/m1/s1. The number of nitrogens with two attached hydrogens (primary N) is 1. The summed E-state index contributed by atoms with van der Waals surface area (Å²) in [5.41, 5.74) is 4.43. The number of aliphatic hydroxyl groups excluding tert-OH is 1. The lowest BCUT2D eigenvalue weighted by atomic mass is 9.89. The molecule has 6 amide bonds. The predicted molar refractivity (Wildman–Crippen MR) is 342 cm³/mol. The number of benzene rings is 8. The van der Waals surface area contributed by atoms with Crippen LogP contribution >= 0.6 is 39.1 Å². The van der Waals surface area contributed by atoms with E-state index in [1.165, 1.54) is 97.1 Å². The fourth-order valence-electron chi connectivity index (χ4n) is 11.3. The number of phenolic OH excluding ortho intramolecular Hbond substituents is 5. The van der Waals surface area contributed by atoms with Gasteiger partial charge in [-0.15, -0.1) is 0 Å². The van der Waals surface area contributed by atoms with Crippen molar-refractivity contribution in [2.45, 2.75) is 54.8 Å². The number of halogens is 3. The Morgan fingerprint density at radius 1 is 0.542 bits per heavy atom. The summed E-state index contributed by atoms with van der Waals surface area (Å²) in [5.74, 6) is -14.6. The smallest absolute Gasteiger partial charge is 0.345 e. The largest absolute Gasteiger partial charge is 0.508 e. The highest BCUT2D eigenvalue weighted by Gasteiger charge is 2.42.